The first-order valence-corrected chi connectivity index (χ1v) is 7.23. The molecule has 0 atom stereocenters. The van der Waals surface area contributed by atoms with Gasteiger partial charge in [-0.1, -0.05) is 17.7 Å². The average Bonchev–Trinajstić information content (AvgIpc) is 2.58. The quantitative estimate of drug-likeness (QED) is 0.845. The fourth-order valence-corrected chi connectivity index (χ4v) is 3.92. The molecule has 2 rings (SSSR count). The molecule has 17 heavy (non-hydrogen) atoms. The van der Waals surface area contributed by atoms with E-state index >= 15 is 0 Å². The van der Waals surface area contributed by atoms with Crippen LogP contribution in [0.3, 0.4) is 0 Å². The predicted octanol–water partition coefficient (Wildman–Crippen LogP) is 3.32. The zero-order valence-corrected chi connectivity index (χ0v) is 11.8. The van der Waals surface area contributed by atoms with E-state index in [1.165, 1.54) is 18.3 Å². The Balaban J connectivity index is 2.62. The van der Waals surface area contributed by atoms with Gasteiger partial charge in [0.2, 0.25) is 0 Å². The lowest BCUT2D eigenvalue weighted by molar-refractivity contribution is 0.586. The number of benzene rings is 1. The summed E-state index contributed by atoms with van der Waals surface area (Å²) in [4.78, 5) is 0.140. The highest BCUT2D eigenvalue weighted by Gasteiger charge is 2.19. The molecular weight excluding hydrogens is 326 g/mol. The van der Waals surface area contributed by atoms with Crippen molar-refractivity contribution in [1.29, 1.82) is 0 Å². The molecule has 0 N–H and O–H groups in total. The third-order valence-corrected chi connectivity index (χ3v) is 4.90. The lowest BCUT2D eigenvalue weighted by Crippen LogP contribution is -2.12. The van der Waals surface area contributed by atoms with Crippen molar-refractivity contribution in [3.63, 3.8) is 0 Å². The zero-order valence-electron chi connectivity index (χ0n) is 8.60. The molecule has 0 aliphatic heterocycles. The van der Waals surface area contributed by atoms with Gasteiger partial charge < -0.3 is 0 Å². The van der Waals surface area contributed by atoms with Crippen LogP contribution in [0.25, 0.3) is 0 Å². The van der Waals surface area contributed by atoms with Gasteiger partial charge >= 0.3 is 0 Å². The van der Waals surface area contributed by atoms with E-state index in [1.807, 2.05) is 0 Å². The van der Waals surface area contributed by atoms with E-state index in [0.717, 1.165) is 3.97 Å². The maximum absolute atomic E-state index is 12.3. The number of aromatic nitrogens is 1. The number of nitrogens with zero attached hydrogens (tertiary/aromatic N) is 1. The minimum atomic E-state index is -3.63. The summed E-state index contributed by atoms with van der Waals surface area (Å²) in [5.74, 6) is 0. The van der Waals surface area contributed by atoms with Gasteiger partial charge in [-0.2, -0.15) is 0 Å². The first kappa shape index (κ1) is 12.7. The molecule has 6 heteroatoms. The maximum atomic E-state index is 12.3. The Kier molecular flexibility index (Phi) is 3.34. The molecule has 3 nitrogen and oxygen atoms in total. The molecule has 2 aromatic rings. The highest BCUT2D eigenvalue weighted by Crippen LogP contribution is 2.23. The van der Waals surface area contributed by atoms with Crippen LogP contribution in [0.4, 0.5) is 0 Å². The fraction of sp³-hybridized carbons (Fsp3) is 0. The van der Waals surface area contributed by atoms with Gasteiger partial charge in [-0.05, 0) is 52.7 Å². The van der Waals surface area contributed by atoms with Gasteiger partial charge in [-0.3, -0.25) is 0 Å². The third-order valence-electron chi connectivity index (χ3n) is 2.15. The maximum Gasteiger partial charge on any atom is 0.268 e. The Labute approximate surface area is 113 Å². The highest BCUT2D eigenvalue weighted by molar-refractivity contribution is 9.10. The van der Waals surface area contributed by atoms with Crippen molar-refractivity contribution in [1.82, 2.24) is 3.97 Å². The Morgan fingerprint density at radius 1 is 1.29 bits per heavy atom. The van der Waals surface area contributed by atoms with Crippen LogP contribution in [0.15, 0.2) is 46.0 Å². The highest BCUT2D eigenvalue weighted by atomic mass is 79.9. The lowest BCUT2D eigenvalue weighted by Gasteiger charge is -2.07. The second kappa shape index (κ2) is 4.48. The van der Waals surface area contributed by atoms with Crippen LogP contribution in [0.5, 0.6) is 0 Å². The molecule has 0 spiro atoms. The van der Waals surface area contributed by atoms with Crippen molar-refractivity contribution in [3.8, 4) is 0 Å². The first-order valence-electron chi connectivity index (χ1n) is 4.62. The molecule has 89 valence electrons. The summed E-state index contributed by atoms with van der Waals surface area (Å²) in [6.07, 6.45) is 1.44. The largest absolute Gasteiger partial charge is 0.268 e. The SMILES string of the molecule is [CH2]c1cc(Br)n(S(=O)(=O)c2cccc(Cl)c2)c1. The summed E-state index contributed by atoms with van der Waals surface area (Å²) in [6.45, 7) is 3.69. The van der Waals surface area contributed by atoms with Crippen molar-refractivity contribution < 1.29 is 8.42 Å². The molecule has 0 saturated heterocycles. The van der Waals surface area contributed by atoms with E-state index in [4.69, 9.17) is 11.6 Å². The van der Waals surface area contributed by atoms with E-state index in [1.54, 1.807) is 18.2 Å². The number of hydrogen-bond acceptors (Lipinski definition) is 2. The Morgan fingerprint density at radius 2 is 2.00 bits per heavy atom. The molecular formula is C11H8BrClNO2S. The van der Waals surface area contributed by atoms with Gasteiger partial charge in [-0.15, -0.1) is 0 Å². The van der Waals surface area contributed by atoms with E-state index < -0.39 is 10.0 Å². The van der Waals surface area contributed by atoms with Crippen LogP contribution >= 0.6 is 27.5 Å². The summed E-state index contributed by atoms with van der Waals surface area (Å²) >= 11 is 8.97. The summed E-state index contributed by atoms with van der Waals surface area (Å²) in [7, 11) is -3.63. The van der Waals surface area contributed by atoms with Crippen molar-refractivity contribution in [3.05, 3.63) is 58.6 Å². The molecule has 1 aromatic heterocycles. The van der Waals surface area contributed by atoms with E-state index in [0.29, 0.717) is 15.2 Å². The minimum Gasteiger partial charge on any atom is -0.235 e. The Morgan fingerprint density at radius 3 is 2.53 bits per heavy atom. The van der Waals surface area contributed by atoms with Crippen LogP contribution < -0.4 is 0 Å². The molecule has 1 aromatic carbocycles. The first-order chi connectivity index (χ1) is 7.91. The molecule has 0 bridgehead atoms. The predicted molar refractivity (Wildman–Crippen MR) is 70.6 cm³/mol. The standard InChI is InChI=1S/C11H8BrClNO2S/c1-8-5-11(12)14(7-8)17(15,16)10-4-2-3-9(13)6-10/h2-7H,1H2. The van der Waals surface area contributed by atoms with Crippen molar-refractivity contribution in [2.24, 2.45) is 0 Å². The zero-order chi connectivity index (χ0) is 12.6. The third kappa shape index (κ3) is 2.41. The number of halogens is 2. The van der Waals surface area contributed by atoms with Gasteiger partial charge in [-0.25, -0.2) is 12.4 Å². The van der Waals surface area contributed by atoms with Crippen molar-refractivity contribution in [2.45, 2.75) is 4.90 Å². The van der Waals surface area contributed by atoms with Crippen molar-refractivity contribution in [2.75, 3.05) is 0 Å². The molecule has 0 amide bonds. The van der Waals surface area contributed by atoms with Gasteiger partial charge in [0, 0.05) is 11.2 Å². The monoisotopic (exact) mass is 332 g/mol. The molecule has 0 fully saturated rings. The molecule has 1 heterocycles. The summed E-state index contributed by atoms with van der Waals surface area (Å²) in [5, 5.41) is 0.379. The number of hydrogen-bond donors (Lipinski definition) is 0. The number of rotatable bonds is 2. The average molecular weight is 334 g/mol. The van der Waals surface area contributed by atoms with E-state index in [2.05, 4.69) is 22.9 Å². The summed E-state index contributed by atoms with van der Waals surface area (Å²) in [5.41, 5.74) is 0.613. The molecule has 0 aliphatic rings. The molecule has 0 saturated carbocycles. The molecule has 1 radical (unpaired) electrons. The van der Waals surface area contributed by atoms with E-state index in [9.17, 15) is 8.42 Å². The van der Waals surface area contributed by atoms with Crippen LogP contribution in [0, 0.1) is 6.92 Å². The van der Waals surface area contributed by atoms with Gasteiger partial charge in [0.05, 0.1) is 4.90 Å². The Bertz CT molecular complexity index is 664. The fourth-order valence-electron chi connectivity index (χ4n) is 1.39. The van der Waals surface area contributed by atoms with Crippen LogP contribution in [-0.2, 0) is 10.0 Å². The summed E-state index contributed by atoms with van der Waals surface area (Å²) in [6, 6.07) is 7.75. The van der Waals surface area contributed by atoms with Crippen LogP contribution in [0.2, 0.25) is 5.02 Å². The minimum absolute atomic E-state index is 0.140. The molecule has 0 unspecified atom stereocenters. The van der Waals surface area contributed by atoms with Crippen LogP contribution in [-0.4, -0.2) is 12.4 Å². The van der Waals surface area contributed by atoms with Gasteiger partial charge in [0.15, 0.2) is 0 Å². The van der Waals surface area contributed by atoms with Crippen LogP contribution in [0.1, 0.15) is 5.56 Å². The smallest absolute Gasteiger partial charge is 0.235 e. The van der Waals surface area contributed by atoms with Crippen molar-refractivity contribution >= 4 is 37.6 Å². The topological polar surface area (TPSA) is 39.1 Å². The van der Waals surface area contributed by atoms with E-state index in [-0.39, 0.29) is 4.90 Å². The van der Waals surface area contributed by atoms with Gasteiger partial charge in [0.1, 0.15) is 4.60 Å². The van der Waals surface area contributed by atoms with Gasteiger partial charge in [0.25, 0.3) is 10.0 Å². The normalized spacial score (nSPS) is 11.7. The summed E-state index contributed by atoms with van der Waals surface area (Å²) < 4.78 is 26.1. The second-order valence-electron chi connectivity index (χ2n) is 3.43. The molecule has 0 aliphatic carbocycles. The second-order valence-corrected chi connectivity index (χ2v) is 6.49. The Hall–Kier alpha value is -0.780. The lowest BCUT2D eigenvalue weighted by atomic mass is 10.4.